The van der Waals surface area contributed by atoms with E-state index in [1.165, 1.54) is 0 Å². The summed E-state index contributed by atoms with van der Waals surface area (Å²) in [4.78, 5) is 22.4. The quantitative estimate of drug-likeness (QED) is 0.853. The fourth-order valence-electron chi connectivity index (χ4n) is 2.19. The van der Waals surface area contributed by atoms with E-state index in [0.29, 0.717) is 19.0 Å². The molecule has 1 amide bonds. The molecule has 0 bridgehead atoms. The number of nitrogens with one attached hydrogen (secondary N) is 1. The Bertz CT molecular complexity index is 629. The molecule has 1 aliphatic rings. The van der Waals surface area contributed by atoms with Gasteiger partial charge in [-0.25, -0.2) is 4.98 Å². The molecule has 2 aromatic rings. The van der Waals surface area contributed by atoms with Gasteiger partial charge in [0, 0.05) is 25.4 Å². The zero-order valence-corrected chi connectivity index (χ0v) is 10.6. The van der Waals surface area contributed by atoms with Crippen molar-refractivity contribution in [2.45, 2.75) is 0 Å². The van der Waals surface area contributed by atoms with E-state index in [1.54, 1.807) is 24.3 Å². The lowest BCUT2D eigenvalue weighted by molar-refractivity contribution is -0.118. The predicted molar refractivity (Wildman–Crippen MR) is 71.3 cm³/mol. The second-order valence-electron chi connectivity index (χ2n) is 4.28. The van der Waals surface area contributed by atoms with Gasteiger partial charge in [-0.05, 0) is 12.1 Å². The zero-order valence-electron chi connectivity index (χ0n) is 10.6. The van der Waals surface area contributed by atoms with Gasteiger partial charge in [-0.15, -0.1) is 0 Å². The monoisotopic (exact) mass is 258 g/mol. The third-order valence-corrected chi connectivity index (χ3v) is 3.11. The summed E-state index contributed by atoms with van der Waals surface area (Å²) >= 11 is 0. The van der Waals surface area contributed by atoms with Crippen LogP contribution in [0.2, 0.25) is 0 Å². The Labute approximate surface area is 110 Å². The molecule has 3 rings (SSSR count). The maximum absolute atomic E-state index is 12.0. The molecule has 1 saturated heterocycles. The highest BCUT2D eigenvalue weighted by atomic mass is 16.5. The normalized spacial score (nSPS) is 15.8. The summed E-state index contributed by atoms with van der Waals surface area (Å²) in [5, 5.41) is 3.05. The van der Waals surface area contributed by atoms with Gasteiger partial charge >= 0.3 is 0 Å². The molecular formula is C13H14N4O2. The molecule has 0 radical (unpaired) electrons. The number of carbonyl (C=O) groups is 1. The third kappa shape index (κ3) is 2.10. The molecule has 1 N–H and O–H groups in total. The van der Waals surface area contributed by atoms with Crippen LogP contribution in [0, 0.1) is 0 Å². The van der Waals surface area contributed by atoms with E-state index in [9.17, 15) is 4.79 Å². The molecular weight excluding hydrogens is 244 g/mol. The third-order valence-electron chi connectivity index (χ3n) is 3.11. The lowest BCUT2D eigenvalue weighted by Gasteiger charge is -2.28. The smallest absolute Gasteiger partial charge is 0.241 e. The molecule has 1 aliphatic heterocycles. The highest BCUT2D eigenvalue weighted by Gasteiger charge is 2.22. The van der Waals surface area contributed by atoms with Crippen molar-refractivity contribution in [2.75, 3.05) is 31.6 Å². The van der Waals surface area contributed by atoms with Gasteiger partial charge in [-0.3, -0.25) is 9.78 Å². The molecule has 0 aromatic carbocycles. The number of hydrogen-bond acceptors (Lipinski definition) is 5. The van der Waals surface area contributed by atoms with Crippen LogP contribution in [-0.2, 0) is 4.79 Å². The zero-order chi connectivity index (χ0) is 13.2. The van der Waals surface area contributed by atoms with E-state index in [0.717, 1.165) is 23.3 Å². The van der Waals surface area contributed by atoms with Crippen LogP contribution < -0.4 is 15.0 Å². The summed E-state index contributed by atoms with van der Waals surface area (Å²) in [6.07, 6.45) is 1.70. The van der Waals surface area contributed by atoms with Gasteiger partial charge in [0.05, 0.1) is 24.9 Å². The summed E-state index contributed by atoms with van der Waals surface area (Å²) in [6.45, 7) is 1.74. The molecule has 3 heterocycles. The highest BCUT2D eigenvalue weighted by Crippen LogP contribution is 2.28. The molecule has 0 unspecified atom stereocenters. The van der Waals surface area contributed by atoms with Crippen LogP contribution in [0.3, 0.4) is 0 Å². The Morgan fingerprint density at radius 3 is 3.16 bits per heavy atom. The van der Waals surface area contributed by atoms with Crippen molar-refractivity contribution in [3.63, 3.8) is 0 Å². The fraction of sp³-hybridized carbons (Fsp3) is 0.308. The fourth-order valence-corrected chi connectivity index (χ4v) is 2.19. The van der Waals surface area contributed by atoms with Crippen molar-refractivity contribution in [3.8, 4) is 5.88 Å². The van der Waals surface area contributed by atoms with Crippen molar-refractivity contribution >= 4 is 22.6 Å². The van der Waals surface area contributed by atoms with Crippen LogP contribution in [0.15, 0.2) is 24.4 Å². The summed E-state index contributed by atoms with van der Waals surface area (Å²) in [7, 11) is 1.56. The predicted octanol–water partition coefficient (Wildman–Crippen LogP) is 0.575. The second-order valence-corrected chi connectivity index (χ2v) is 4.28. The average Bonchev–Trinajstić information content (AvgIpc) is 2.46. The van der Waals surface area contributed by atoms with Crippen molar-refractivity contribution < 1.29 is 9.53 Å². The molecule has 6 nitrogen and oxygen atoms in total. The molecule has 98 valence electrons. The van der Waals surface area contributed by atoms with Crippen LogP contribution in [-0.4, -0.2) is 42.6 Å². The van der Waals surface area contributed by atoms with Gasteiger partial charge in [0.15, 0.2) is 0 Å². The van der Waals surface area contributed by atoms with Gasteiger partial charge in [0.1, 0.15) is 5.52 Å². The number of ether oxygens (including phenoxy) is 1. The Morgan fingerprint density at radius 2 is 2.37 bits per heavy atom. The SMILES string of the molecule is COc1cc(N2CCNCC2=O)c2ncccc2n1. The largest absolute Gasteiger partial charge is 0.481 e. The first-order chi connectivity index (χ1) is 9.29. The number of methoxy groups -OCH3 is 1. The number of nitrogens with zero attached hydrogens (tertiary/aromatic N) is 3. The van der Waals surface area contributed by atoms with Crippen LogP contribution >= 0.6 is 0 Å². The van der Waals surface area contributed by atoms with Crippen LogP contribution in [0.5, 0.6) is 5.88 Å². The van der Waals surface area contributed by atoms with Crippen molar-refractivity contribution in [1.29, 1.82) is 0 Å². The molecule has 1 fully saturated rings. The van der Waals surface area contributed by atoms with Gasteiger partial charge in [-0.1, -0.05) is 0 Å². The number of carbonyl (C=O) groups excluding carboxylic acids is 1. The van der Waals surface area contributed by atoms with Crippen molar-refractivity contribution in [2.24, 2.45) is 0 Å². The topological polar surface area (TPSA) is 67.3 Å². The minimum absolute atomic E-state index is 0.0338. The molecule has 0 spiro atoms. The minimum atomic E-state index is 0.0338. The van der Waals surface area contributed by atoms with E-state index in [1.807, 2.05) is 12.1 Å². The first-order valence-corrected chi connectivity index (χ1v) is 6.10. The first kappa shape index (κ1) is 11.9. The average molecular weight is 258 g/mol. The minimum Gasteiger partial charge on any atom is -0.481 e. The van der Waals surface area contributed by atoms with Crippen LogP contribution in [0.4, 0.5) is 5.69 Å². The van der Waals surface area contributed by atoms with E-state index in [-0.39, 0.29) is 5.91 Å². The van der Waals surface area contributed by atoms with Crippen LogP contribution in [0.1, 0.15) is 0 Å². The van der Waals surface area contributed by atoms with Gasteiger partial charge in [-0.2, -0.15) is 0 Å². The first-order valence-electron chi connectivity index (χ1n) is 6.10. The Balaban J connectivity index is 2.17. The number of piperazine rings is 1. The second kappa shape index (κ2) is 4.81. The number of pyridine rings is 2. The molecule has 19 heavy (non-hydrogen) atoms. The maximum atomic E-state index is 12.0. The molecule has 6 heteroatoms. The standard InChI is InChI=1S/C13H14N4O2/c1-19-11-7-10(17-6-5-14-8-12(17)18)13-9(16-11)3-2-4-15-13/h2-4,7,14H,5-6,8H2,1H3. The maximum Gasteiger partial charge on any atom is 0.241 e. The summed E-state index contributed by atoms with van der Waals surface area (Å²) in [6, 6.07) is 5.44. The summed E-state index contributed by atoms with van der Waals surface area (Å²) < 4.78 is 5.20. The lowest BCUT2D eigenvalue weighted by Crippen LogP contribution is -2.48. The van der Waals surface area contributed by atoms with E-state index >= 15 is 0 Å². The van der Waals surface area contributed by atoms with Gasteiger partial charge in [0.2, 0.25) is 11.8 Å². The number of aromatic nitrogens is 2. The molecule has 0 saturated carbocycles. The van der Waals surface area contributed by atoms with Crippen LogP contribution in [0.25, 0.3) is 11.0 Å². The number of amides is 1. The highest BCUT2D eigenvalue weighted by molar-refractivity contribution is 6.02. The molecule has 0 atom stereocenters. The van der Waals surface area contributed by atoms with E-state index in [4.69, 9.17) is 4.74 Å². The van der Waals surface area contributed by atoms with Crippen molar-refractivity contribution in [1.82, 2.24) is 15.3 Å². The summed E-state index contributed by atoms with van der Waals surface area (Å²) in [5.41, 5.74) is 2.20. The van der Waals surface area contributed by atoms with E-state index in [2.05, 4.69) is 15.3 Å². The van der Waals surface area contributed by atoms with E-state index < -0.39 is 0 Å². The van der Waals surface area contributed by atoms with Gasteiger partial charge < -0.3 is 15.0 Å². The number of anilines is 1. The Morgan fingerprint density at radius 1 is 1.47 bits per heavy atom. The molecule has 0 aliphatic carbocycles. The number of fused-ring (bicyclic) bond motifs is 1. The van der Waals surface area contributed by atoms with Crippen molar-refractivity contribution in [3.05, 3.63) is 24.4 Å². The summed E-state index contributed by atoms with van der Waals surface area (Å²) in [5.74, 6) is 0.522. The Hall–Kier alpha value is -2.21. The molecule has 2 aromatic heterocycles. The number of rotatable bonds is 2. The van der Waals surface area contributed by atoms with Gasteiger partial charge in [0.25, 0.3) is 0 Å². The number of hydrogen-bond donors (Lipinski definition) is 1. The lowest BCUT2D eigenvalue weighted by atomic mass is 10.2. The Kier molecular flexibility index (Phi) is 3.00.